The summed E-state index contributed by atoms with van der Waals surface area (Å²) in [5.74, 6) is 0.502. The van der Waals surface area contributed by atoms with Gasteiger partial charge in [0.05, 0.1) is 11.2 Å². The second-order valence-corrected chi connectivity index (χ2v) is 5.19. The summed E-state index contributed by atoms with van der Waals surface area (Å²) >= 11 is 0. The van der Waals surface area contributed by atoms with Crippen LogP contribution in [-0.4, -0.2) is 24.1 Å². The van der Waals surface area contributed by atoms with Crippen LogP contribution in [0, 0.1) is 5.92 Å². The first-order valence-electron chi connectivity index (χ1n) is 7.04. The van der Waals surface area contributed by atoms with E-state index in [2.05, 4.69) is 10.3 Å². The van der Waals surface area contributed by atoms with Crippen molar-refractivity contribution in [1.29, 1.82) is 0 Å². The Morgan fingerprint density at radius 1 is 1.25 bits per heavy atom. The van der Waals surface area contributed by atoms with E-state index in [0.717, 1.165) is 42.6 Å². The summed E-state index contributed by atoms with van der Waals surface area (Å²) < 4.78 is 5.32. The van der Waals surface area contributed by atoms with Crippen molar-refractivity contribution < 1.29 is 9.53 Å². The number of nitrogens with one attached hydrogen (secondary N) is 1. The van der Waals surface area contributed by atoms with Gasteiger partial charge in [-0.2, -0.15) is 0 Å². The maximum atomic E-state index is 12.1. The second-order valence-electron chi connectivity index (χ2n) is 5.19. The molecule has 1 fully saturated rings. The quantitative estimate of drug-likeness (QED) is 0.932. The van der Waals surface area contributed by atoms with E-state index in [9.17, 15) is 4.79 Å². The molecule has 0 aliphatic carbocycles. The predicted octanol–water partition coefficient (Wildman–Crippen LogP) is 2.99. The van der Waals surface area contributed by atoms with E-state index in [1.807, 2.05) is 30.3 Å². The summed E-state index contributed by atoms with van der Waals surface area (Å²) in [6.07, 6.45) is 4.26. The Labute approximate surface area is 118 Å². The van der Waals surface area contributed by atoms with E-state index < -0.39 is 0 Å². The van der Waals surface area contributed by atoms with Crippen molar-refractivity contribution in [1.82, 2.24) is 4.98 Å². The highest BCUT2D eigenvalue weighted by Crippen LogP contribution is 2.23. The van der Waals surface area contributed by atoms with Crippen molar-refractivity contribution in [2.45, 2.75) is 19.3 Å². The Bertz CT molecular complexity index is 601. The van der Waals surface area contributed by atoms with Crippen LogP contribution >= 0.6 is 0 Å². The molecule has 1 aliphatic heterocycles. The van der Waals surface area contributed by atoms with Gasteiger partial charge in [0.1, 0.15) is 0 Å². The van der Waals surface area contributed by atoms with Gasteiger partial charge in [-0.1, -0.05) is 18.2 Å². The molecule has 0 atom stereocenters. The van der Waals surface area contributed by atoms with Gasteiger partial charge in [0, 0.05) is 31.2 Å². The molecule has 1 saturated heterocycles. The number of nitrogens with zero attached hydrogens (tertiary/aromatic N) is 1. The van der Waals surface area contributed by atoms with Crippen molar-refractivity contribution in [2.75, 3.05) is 18.5 Å². The zero-order valence-electron chi connectivity index (χ0n) is 11.3. The number of amides is 1. The van der Waals surface area contributed by atoms with Crippen LogP contribution in [0.15, 0.2) is 36.5 Å². The van der Waals surface area contributed by atoms with Crippen LogP contribution in [-0.2, 0) is 9.53 Å². The minimum atomic E-state index is 0.0649. The van der Waals surface area contributed by atoms with Gasteiger partial charge in [-0.3, -0.25) is 9.78 Å². The number of carbonyl (C=O) groups is 1. The number of pyridine rings is 1. The number of para-hydroxylation sites is 1. The standard InChI is InChI=1S/C16H18N2O2/c19-15(11-12-6-9-20-10-7-12)18-14-5-1-3-13-4-2-8-17-16(13)14/h1-5,8,12H,6-7,9-11H2,(H,18,19). The monoisotopic (exact) mass is 270 g/mol. The van der Waals surface area contributed by atoms with Crippen LogP contribution in [0.4, 0.5) is 5.69 Å². The first-order chi connectivity index (χ1) is 9.83. The number of carbonyl (C=O) groups excluding carboxylic acids is 1. The van der Waals surface area contributed by atoms with E-state index in [4.69, 9.17) is 4.74 Å². The molecular formula is C16H18N2O2. The lowest BCUT2D eigenvalue weighted by molar-refractivity contribution is -0.117. The SMILES string of the molecule is O=C(CC1CCOCC1)Nc1cccc2cccnc12. The highest BCUT2D eigenvalue weighted by molar-refractivity contribution is 6.00. The molecule has 0 bridgehead atoms. The minimum Gasteiger partial charge on any atom is -0.381 e. The molecule has 4 heteroatoms. The van der Waals surface area contributed by atoms with Gasteiger partial charge < -0.3 is 10.1 Å². The lowest BCUT2D eigenvalue weighted by atomic mass is 9.96. The number of anilines is 1. The Kier molecular flexibility index (Phi) is 3.92. The fraction of sp³-hybridized carbons (Fsp3) is 0.375. The third-order valence-electron chi connectivity index (χ3n) is 3.72. The summed E-state index contributed by atoms with van der Waals surface area (Å²) in [4.78, 5) is 16.5. The van der Waals surface area contributed by atoms with Crippen molar-refractivity contribution in [3.05, 3.63) is 36.5 Å². The molecule has 2 aromatic rings. The molecule has 1 N–H and O–H groups in total. The van der Waals surface area contributed by atoms with Crippen LogP contribution < -0.4 is 5.32 Å². The molecular weight excluding hydrogens is 252 g/mol. The van der Waals surface area contributed by atoms with Gasteiger partial charge >= 0.3 is 0 Å². The largest absolute Gasteiger partial charge is 0.381 e. The summed E-state index contributed by atoms with van der Waals surface area (Å²) in [5.41, 5.74) is 1.63. The highest BCUT2D eigenvalue weighted by Gasteiger charge is 2.17. The van der Waals surface area contributed by atoms with E-state index >= 15 is 0 Å². The maximum absolute atomic E-state index is 12.1. The zero-order valence-corrected chi connectivity index (χ0v) is 11.3. The Morgan fingerprint density at radius 2 is 2.05 bits per heavy atom. The third-order valence-corrected chi connectivity index (χ3v) is 3.72. The number of hydrogen-bond acceptors (Lipinski definition) is 3. The molecule has 0 spiro atoms. The maximum Gasteiger partial charge on any atom is 0.224 e. The summed E-state index contributed by atoms with van der Waals surface area (Å²) in [5, 5.41) is 4.03. The van der Waals surface area contributed by atoms with Gasteiger partial charge in [0.15, 0.2) is 0 Å². The zero-order chi connectivity index (χ0) is 13.8. The molecule has 104 valence electrons. The normalized spacial score (nSPS) is 16.2. The van der Waals surface area contributed by atoms with Gasteiger partial charge in [0.25, 0.3) is 0 Å². The molecule has 1 aromatic heterocycles. The number of ether oxygens (including phenoxy) is 1. The second kappa shape index (κ2) is 6.01. The smallest absolute Gasteiger partial charge is 0.224 e. The molecule has 1 amide bonds. The van der Waals surface area contributed by atoms with E-state index in [-0.39, 0.29) is 5.91 Å². The third kappa shape index (κ3) is 2.96. The summed E-state index contributed by atoms with van der Waals surface area (Å²) in [7, 11) is 0. The Hall–Kier alpha value is -1.94. The molecule has 4 nitrogen and oxygen atoms in total. The van der Waals surface area contributed by atoms with Crippen LogP contribution in [0.3, 0.4) is 0 Å². The van der Waals surface area contributed by atoms with Crippen molar-refractivity contribution in [3.8, 4) is 0 Å². The molecule has 1 aliphatic rings. The Balaban J connectivity index is 1.71. The topological polar surface area (TPSA) is 51.2 Å². The first-order valence-corrected chi connectivity index (χ1v) is 7.04. The van der Waals surface area contributed by atoms with Crippen molar-refractivity contribution >= 4 is 22.5 Å². The number of benzene rings is 1. The van der Waals surface area contributed by atoms with Crippen molar-refractivity contribution in [2.24, 2.45) is 5.92 Å². The van der Waals surface area contributed by atoms with Gasteiger partial charge in [-0.15, -0.1) is 0 Å². The van der Waals surface area contributed by atoms with Crippen LogP contribution in [0.1, 0.15) is 19.3 Å². The van der Waals surface area contributed by atoms with Gasteiger partial charge in [-0.05, 0) is 30.9 Å². The molecule has 0 radical (unpaired) electrons. The van der Waals surface area contributed by atoms with E-state index in [1.165, 1.54) is 0 Å². The van der Waals surface area contributed by atoms with E-state index in [0.29, 0.717) is 12.3 Å². The van der Waals surface area contributed by atoms with Crippen LogP contribution in [0.5, 0.6) is 0 Å². The average molecular weight is 270 g/mol. The Morgan fingerprint density at radius 3 is 2.90 bits per heavy atom. The van der Waals surface area contributed by atoms with Crippen molar-refractivity contribution in [3.63, 3.8) is 0 Å². The number of aromatic nitrogens is 1. The highest BCUT2D eigenvalue weighted by atomic mass is 16.5. The lowest BCUT2D eigenvalue weighted by Gasteiger charge is -2.21. The van der Waals surface area contributed by atoms with Gasteiger partial charge in [-0.25, -0.2) is 0 Å². The predicted molar refractivity (Wildman–Crippen MR) is 78.5 cm³/mol. The van der Waals surface area contributed by atoms with Gasteiger partial charge in [0.2, 0.25) is 5.91 Å². The average Bonchev–Trinajstić information content (AvgIpc) is 2.48. The van der Waals surface area contributed by atoms with E-state index in [1.54, 1.807) is 6.20 Å². The minimum absolute atomic E-state index is 0.0649. The molecule has 1 aromatic carbocycles. The molecule has 3 rings (SSSR count). The number of rotatable bonds is 3. The summed E-state index contributed by atoms with van der Waals surface area (Å²) in [6.45, 7) is 1.54. The summed E-state index contributed by atoms with van der Waals surface area (Å²) in [6, 6.07) is 9.73. The first kappa shape index (κ1) is 13.1. The molecule has 0 saturated carbocycles. The number of hydrogen-bond donors (Lipinski definition) is 1. The van der Waals surface area contributed by atoms with Crippen LogP contribution in [0.2, 0.25) is 0 Å². The molecule has 20 heavy (non-hydrogen) atoms. The lowest BCUT2D eigenvalue weighted by Crippen LogP contribution is -2.22. The molecule has 2 heterocycles. The number of fused-ring (bicyclic) bond motifs is 1. The molecule has 0 unspecified atom stereocenters. The fourth-order valence-electron chi connectivity index (χ4n) is 2.62. The van der Waals surface area contributed by atoms with Crippen LogP contribution in [0.25, 0.3) is 10.9 Å². The fourth-order valence-corrected chi connectivity index (χ4v) is 2.62.